The molecule has 0 unspecified atom stereocenters. The van der Waals surface area contributed by atoms with Crippen molar-refractivity contribution in [1.82, 2.24) is 0 Å². The first-order chi connectivity index (χ1) is 12.7. The van der Waals surface area contributed by atoms with Crippen molar-refractivity contribution >= 4 is 17.3 Å². The molecule has 1 aliphatic heterocycles. The van der Waals surface area contributed by atoms with Gasteiger partial charge in [0, 0.05) is 13.1 Å². The molecule has 4 heteroatoms. The molecular weight excluding hydrogens is 327 g/mol. The smallest absolute Gasteiger partial charge is 0.228 e. The fourth-order valence-corrected chi connectivity index (χ4v) is 3.43. The van der Waals surface area contributed by atoms with Crippen LogP contribution in [0.15, 0.2) is 42.5 Å². The summed E-state index contributed by atoms with van der Waals surface area (Å²) in [5, 5.41) is 2.80. The van der Waals surface area contributed by atoms with E-state index in [9.17, 15) is 9.18 Å². The van der Waals surface area contributed by atoms with E-state index < -0.39 is 0 Å². The molecule has 0 bridgehead atoms. The van der Waals surface area contributed by atoms with Crippen LogP contribution < -0.4 is 10.2 Å². The molecule has 0 spiro atoms. The Morgan fingerprint density at radius 3 is 2.46 bits per heavy atom. The molecule has 1 fully saturated rings. The molecule has 1 saturated heterocycles. The monoisotopic (exact) mass is 354 g/mol. The van der Waals surface area contributed by atoms with Gasteiger partial charge in [0.15, 0.2) is 0 Å². The molecule has 2 aromatic rings. The minimum atomic E-state index is -0.377. The molecule has 26 heavy (non-hydrogen) atoms. The van der Waals surface area contributed by atoms with Crippen molar-refractivity contribution in [3.8, 4) is 0 Å². The van der Waals surface area contributed by atoms with E-state index in [0.29, 0.717) is 5.69 Å². The summed E-state index contributed by atoms with van der Waals surface area (Å²) in [6.45, 7) is 3.99. The zero-order chi connectivity index (χ0) is 18.4. The lowest BCUT2D eigenvalue weighted by molar-refractivity contribution is -0.115. The summed E-state index contributed by atoms with van der Waals surface area (Å²) in [5.41, 5.74) is 3.33. The standard InChI is InChI=1S/C22H27FN2O/c1-2-3-7-17-10-12-18(13-11-17)16-21(26)24-22-19(23)8-6-9-20(22)25-14-4-5-15-25/h6,8-13H,2-5,7,14-16H2,1H3,(H,24,26). The summed E-state index contributed by atoms with van der Waals surface area (Å²) in [7, 11) is 0. The highest BCUT2D eigenvalue weighted by atomic mass is 19.1. The van der Waals surface area contributed by atoms with Gasteiger partial charge in [-0.1, -0.05) is 43.7 Å². The maximum absolute atomic E-state index is 14.3. The third-order valence-electron chi connectivity index (χ3n) is 4.91. The van der Waals surface area contributed by atoms with Crippen molar-refractivity contribution in [3.05, 3.63) is 59.4 Å². The second-order valence-electron chi connectivity index (χ2n) is 6.97. The van der Waals surface area contributed by atoms with E-state index in [0.717, 1.165) is 43.6 Å². The summed E-state index contributed by atoms with van der Waals surface area (Å²) in [5.74, 6) is -0.561. The molecule has 0 radical (unpaired) electrons. The number of amides is 1. The van der Waals surface area contributed by atoms with Gasteiger partial charge in [0.05, 0.1) is 12.1 Å². The second kappa shape index (κ2) is 8.84. The van der Waals surface area contributed by atoms with Crippen molar-refractivity contribution in [2.75, 3.05) is 23.3 Å². The average molecular weight is 354 g/mol. The fraction of sp³-hybridized carbons (Fsp3) is 0.409. The average Bonchev–Trinajstić information content (AvgIpc) is 3.17. The Labute approximate surface area is 155 Å². The fourth-order valence-electron chi connectivity index (χ4n) is 3.43. The number of anilines is 2. The molecule has 1 N–H and O–H groups in total. The Bertz CT molecular complexity index is 736. The van der Waals surface area contributed by atoms with Gasteiger partial charge in [-0.3, -0.25) is 4.79 Å². The largest absolute Gasteiger partial charge is 0.370 e. The summed E-state index contributed by atoms with van der Waals surface area (Å²) < 4.78 is 14.3. The zero-order valence-corrected chi connectivity index (χ0v) is 15.4. The molecule has 3 nitrogen and oxygen atoms in total. The number of unbranched alkanes of at least 4 members (excludes halogenated alkanes) is 1. The van der Waals surface area contributed by atoms with Gasteiger partial charge in [-0.25, -0.2) is 4.39 Å². The lowest BCUT2D eigenvalue weighted by Gasteiger charge is -2.22. The maximum Gasteiger partial charge on any atom is 0.228 e. The molecular formula is C22H27FN2O. The molecule has 2 aromatic carbocycles. The van der Waals surface area contributed by atoms with E-state index in [1.165, 1.54) is 24.5 Å². The van der Waals surface area contributed by atoms with E-state index in [1.807, 2.05) is 18.2 Å². The molecule has 1 amide bonds. The van der Waals surface area contributed by atoms with E-state index in [4.69, 9.17) is 0 Å². The van der Waals surface area contributed by atoms with Crippen LogP contribution in [0.4, 0.5) is 15.8 Å². The van der Waals surface area contributed by atoms with Crippen molar-refractivity contribution < 1.29 is 9.18 Å². The van der Waals surface area contributed by atoms with E-state index >= 15 is 0 Å². The topological polar surface area (TPSA) is 32.3 Å². The van der Waals surface area contributed by atoms with Gasteiger partial charge in [0.1, 0.15) is 11.5 Å². The number of nitrogens with one attached hydrogen (secondary N) is 1. The predicted molar refractivity (Wildman–Crippen MR) is 105 cm³/mol. The minimum absolute atomic E-state index is 0.183. The highest BCUT2D eigenvalue weighted by Gasteiger charge is 2.19. The quantitative estimate of drug-likeness (QED) is 0.763. The van der Waals surface area contributed by atoms with Crippen LogP contribution in [0, 0.1) is 5.82 Å². The van der Waals surface area contributed by atoms with Crippen LogP contribution in [-0.2, 0) is 17.6 Å². The summed E-state index contributed by atoms with van der Waals surface area (Å²) in [6, 6.07) is 13.1. The lowest BCUT2D eigenvalue weighted by atomic mass is 10.0. The summed E-state index contributed by atoms with van der Waals surface area (Å²) >= 11 is 0. The maximum atomic E-state index is 14.3. The number of para-hydroxylation sites is 1. The highest BCUT2D eigenvalue weighted by Crippen LogP contribution is 2.31. The first-order valence-corrected chi connectivity index (χ1v) is 9.58. The van der Waals surface area contributed by atoms with Crippen LogP contribution in [-0.4, -0.2) is 19.0 Å². The Kier molecular flexibility index (Phi) is 6.26. The van der Waals surface area contributed by atoms with Gasteiger partial charge in [-0.15, -0.1) is 0 Å². The number of rotatable bonds is 7. The first-order valence-electron chi connectivity index (χ1n) is 9.58. The number of carbonyl (C=O) groups excluding carboxylic acids is 1. The van der Waals surface area contributed by atoms with Gasteiger partial charge < -0.3 is 10.2 Å². The van der Waals surface area contributed by atoms with Crippen LogP contribution in [0.3, 0.4) is 0 Å². The van der Waals surface area contributed by atoms with Crippen molar-refractivity contribution in [3.63, 3.8) is 0 Å². The van der Waals surface area contributed by atoms with Gasteiger partial charge >= 0.3 is 0 Å². The molecule has 1 aliphatic rings. The number of carbonyl (C=O) groups is 1. The van der Waals surface area contributed by atoms with E-state index in [-0.39, 0.29) is 18.1 Å². The third-order valence-corrected chi connectivity index (χ3v) is 4.91. The number of benzene rings is 2. The second-order valence-corrected chi connectivity index (χ2v) is 6.97. The van der Waals surface area contributed by atoms with Gasteiger partial charge in [0.2, 0.25) is 5.91 Å². The lowest BCUT2D eigenvalue weighted by Crippen LogP contribution is -2.22. The zero-order valence-electron chi connectivity index (χ0n) is 15.4. The predicted octanol–water partition coefficient (Wildman–Crippen LogP) is 4.95. The highest BCUT2D eigenvalue weighted by molar-refractivity contribution is 5.95. The van der Waals surface area contributed by atoms with Crippen LogP contribution >= 0.6 is 0 Å². The van der Waals surface area contributed by atoms with Crippen LogP contribution in [0.25, 0.3) is 0 Å². The van der Waals surface area contributed by atoms with Crippen LogP contribution in [0.2, 0.25) is 0 Å². The van der Waals surface area contributed by atoms with Crippen molar-refractivity contribution in [1.29, 1.82) is 0 Å². The molecule has 0 saturated carbocycles. The van der Waals surface area contributed by atoms with Crippen LogP contribution in [0.1, 0.15) is 43.7 Å². The molecule has 0 aromatic heterocycles. The molecule has 0 atom stereocenters. The van der Waals surface area contributed by atoms with Crippen LogP contribution in [0.5, 0.6) is 0 Å². The Hall–Kier alpha value is -2.36. The summed E-state index contributed by atoms with van der Waals surface area (Å²) in [6.07, 6.45) is 5.88. The Balaban J connectivity index is 1.66. The normalized spacial score (nSPS) is 13.8. The molecule has 138 valence electrons. The minimum Gasteiger partial charge on any atom is -0.370 e. The van der Waals surface area contributed by atoms with E-state index in [1.54, 1.807) is 6.07 Å². The van der Waals surface area contributed by atoms with Gasteiger partial charge in [0.25, 0.3) is 0 Å². The Morgan fingerprint density at radius 2 is 1.77 bits per heavy atom. The van der Waals surface area contributed by atoms with Gasteiger partial charge in [-0.05, 0) is 48.9 Å². The number of nitrogens with zero attached hydrogens (tertiary/aromatic N) is 1. The SMILES string of the molecule is CCCCc1ccc(CC(=O)Nc2c(F)cccc2N2CCCC2)cc1. The van der Waals surface area contributed by atoms with Crippen molar-refractivity contribution in [2.24, 2.45) is 0 Å². The molecule has 3 rings (SSSR count). The summed E-state index contributed by atoms with van der Waals surface area (Å²) in [4.78, 5) is 14.6. The number of aryl methyl sites for hydroxylation is 1. The number of hydrogen-bond donors (Lipinski definition) is 1. The van der Waals surface area contributed by atoms with E-state index in [2.05, 4.69) is 29.3 Å². The molecule has 0 aliphatic carbocycles. The van der Waals surface area contributed by atoms with Crippen molar-refractivity contribution in [2.45, 2.75) is 45.4 Å². The number of hydrogen-bond acceptors (Lipinski definition) is 2. The molecule has 1 heterocycles. The first kappa shape index (κ1) is 18.4. The Morgan fingerprint density at radius 1 is 1.08 bits per heavy atom. The van der Waals surface area contributed by atoms with Gasteiger partial charge in [-0.2, -0.15) is 0 Å². The third kappa shape index (κ3) is 4.63. The number of halogens is 1.